The van der Waals surface area contributed by atoms with E-state index in [1.54, 1.807) is 20.2 Å². The highest BCUT2D eigenvalue weighted by Crippen LogP contribution is 2.23. The average Bonchev–Trinajstić information content (AvgIpc) is 3.14. The maximum Gasteiger partial charge on any atom is 0.252 e. The van der Waals surface area contributed by atoms with Gasteiger partial charge in [-0.3, -0.25) is 4.99 Å². The van der Waals surface area contributed by atoms with Gasteiger partial charge in [-0.15, -0.1) is 35.3 Å². The molecule has 0 radical (unpaired) electrons. The minimum atomic E-state index is -3.39. The molecule has 1 aromatic heterocycles. The van der Waals surface area contributed by atoms with Gasteiger partial charge in [0, 0.05) is 32.6 Å². The summed E-state index contributed by atoms with van der Waals surface area (Å²) in [7, 11) is 3.05. The predicted octanol–water partition coefficient (Wildman–Crippen LogP) is 2.84. The third-order valence-corrected chi connectivity index (χ3v) is 7.52. The Balaban J connectivity index is 0.00000420. The van der Waals surface area contributed by atoms with Crippen LogP contribution < -0.4 is 15.4 Å². The van der Waals surface area contributed by atoms with E-state index >= 15 is 0 Å². The monoisotopic (exact) mass is 552 g/mol. The van der Waals surface area contributed by atoms with E-state index in [-0.39, 0.29) is 24.0 Å². The fraction of sp³-hybridized carbons (Fsp3) is 0.421. The molecule has 0 aliphatic heterocycles. The normalized spacial score (nSPS) is 11.9. The number of rotatable bonds is 8. The molecule has 2 aromatic rings. The average molecular weight is 553 g/mol. The fourth-order valence-electron chi connectivity index (χ4n) is 2.58. The Morgan fingerprint density at radius 1 is 1.21 bits per heavy atom. The number of aliphatic imine (C=N–C) groups is 1. The topological polar surface area (TPSA) is 83.0 Å². The lowest BCUT2D eigenvalue weighted by atomic mass is 10.1. The van der Waals surface area contributed by atoms with Gasteiger partial charge in [0.05, 0.1) is 13.7 Å². The number of thiophene rings is 1. The van der Waals surface area contributed by atoms with Crippen molar-refractivity contribution in [1.82, 2.24) is 14.9 Å². The molecule has 10 heteroatoms. The lowest BCUT2D eigenvalue weighted by molar-refractivity contribution is 0.409. The van der Waals surface area contributed by atoms with Gasteiger partial charge < -0.3 is 15.4 Å². The second-order valence-electron chi connectivity index (χ2n) is 6.43. The SMILES string of the molecule is CN=C(NCCc1cc(C)ccc1OC)NCc1ccc(S(=O)(=O)N(C)C)s1.I. The van der Waals surface area contributed by atoms with Crippen LogP contribution in [0.5, 0.6) is 5.75 Å². The molecule has 29 heavy (non-hydrogen) atoms. The Bertz CT molecular complexity index is 927. The number of benzene rings is 1. The van der Waals surface area contributed by atoms with E-state index in [0.29, 0.717) is 23.3 Å². The van der Waals surface area contributed by atoms with Crippen LogP contribution in [-0.4, -0.2) is 53.5 Å². The van der Waals surface area contributed by atoms with E-state index in [9.17, 15) is 8.42 Å². The fourth-order valence-corrected chi connectivity index (χ4v) is 5.05. The number of hydrogen-bond acceptors (Lipinski definition) is 5. The van der Waals surface area contributed by atoms with E-state index in [0.717, 1.165) is 22.6 Å². The van der Waals surface area contributed by atoms with Gasteiger partial charge in [-0.2, -0.15) is 0 Å². The van der Waals surface area contributed by atoms with Gasteiger partial charge in [-0.25, -0.2) is 12.7 Å². The van der Waals surface area contributed by atoms with E-state index in [2.05, 4.69) is 28.6 Å². The molecule has 1 aromatic carbocycles. The van der Waals surface area contributed by atoms with Crippen molar-refractivity contribution in [3.63, 3.8) is 0 Å². The third-order valence-electron chi connectivity index (χ3n) is 4.15. The van der Waals surface area contributed by atoms with Crippen molar-refractivity contribution >= 4 is 51.3 Å². The maximum atomic E-state index is 12.2. The second-order valence-corrected chi connectivity index (χ2v) is 9.97. The summed E-state index contributed by atoms with van der Waals surface area (Å²) < 4.78 is 31.3. The van der Waals surface area contributed by atoms with Crippen molar-refractivity contribution < 1.29 is 13.2 Å². The van der Waals surface area contributed by atoms with E-state index in [1.165, 1.54) is 35.3 Å². The van der Waals surface area contributed by atoms with Crippen molar-refractivity contribution in [2.24, 2.45) is 4.99 Å². The molecule has 0 aliphatic rings. The second kappa shape index (κ2) is 11.7. The van der Waals surface area contributed by atoms with Gasteiger partial charge in [-0.1, -0.05) is 17.7 Å². The molecule has 0 saturated carbocycles. The minimum Gasteiger partial charge on any atom is -0.496 e. The summed E-state index contributed by atoms with van der Waals surface area (Å²) in [5.74, 6) is 1.54. The zero-order valence-electron chi connectivity index (χ0n) is 17.4. The van der Waals surface area contributed by atoms with Crippen LogP contribution in [-0.2, 0) is 23.0 Å². The first-order chi connectivity index (χ1) is 13.3. The van der Waals surface area contributed by atoms with Crippen molar-refractivity contribution in [2.75, 3.05) is 34.8 Å². The lowest BCUT2D eigenvalue weighted by Gasteiger charge is -2.13. The molecular formula is C19H29IN4O3S2. The minimum absolute atomic E-state index is 0. The highest BCUT2D eigenvalue weighted by atomic mass is 127. The summed E-state index contributed by atoms with van der Waals surface area (Å²) in [6, 6.07) is 9.58. The van der Waals surface area contributed by atoms with E-state index in [1.807, 2.05) is 18.2 Å². The van der Waals surface area contributed by atoms with Gasteiger partial charge in [-0.05, 0) is 37.1 Å². The van der Waals surface area contributed by atoms with Crippen molar-refractivity contribution in [3.05, 3.63) is 46.3 Å². The molecule has 0 amide bonds. The molecule has 0 unspecified atom stereocenters. The highest BCUT2D eigenvalue weighted by Gasteiger charge is 2.19. The summed E-state index contributed by atoms with van der Waals surface area (Å²) in [4.78, 5) is 5.14. The number of ether oxygens (including phenoxy) is 1. The Morgan fingerprint density at radius 2 is 1.93 bits per heavy atom. The molecule has 1 heterocycles. The Morgan fingerprint density at radius 3 is 2.55 bits per heavy atom. The highest BCUT2D eigenvalue weighted by molar-refractivity contribution is 14.0. The number of halogens is 1. The summed E-state index contributed by atoms with van der Waals surface area (Å²) in [6.45, 7) is 3.26. The predicted molar refractivity (Wildman–Crippen MR) is 130 cm³/mol. The summed E-state index contributed by atoms with van der Waals surface area (Å²) in [5.41, 5.74) is 2.33. The van der Waals surface area contributed by atoms with E-state index in [4.69, 9.17) is 4.74 Å². The molecule has 162 valence electrons. The quantitative estimate of drug-likeness (QED) is 0.299. The van der Waals surface area contributed by atoms with Crippen LogP contribution in [0.3, 0.4) is 0 Å². The zero-order valence-corrected chi connectivity index (χ0v) is 21.3. The van der Waals surface area contributed by atoms with Crippen LogP contribution >= 0.6 is 35.3 Å². The lowest BCUT2D eigenvalue weighted by Crippen LogP contribution is -2.37. The Kier molecular flexibility index (Phi) is 10.4. The number of methoxy groups -OCH3 is 1. The van der Waals surface area contributed by atoms with Gasteiger partial charge in [0.1, 0.15) is 9.96 Å². The van der Waals surface area contributed by atoms with Crippen LogP contribution in [0.25, 0.3) is 0 Å². The zero-order chi connectivity index (χ0) is 20.7. The molecule has 0 saturated heterocycles. The van der Waals surface area contributed by atoms with Gasteiger partial charge >= 0.3 is 0 Å². The van der Waals surface area contributed by atoms with Crippen LogP contribution in [0.4, 0.5) is 0 Å². The number of guanidine groups is 1. The van der Waals surface area contributed by atoms with Crippen LogP contribution in [0.15, 0.2) is 39.5 Å². The third kappa shape index (κ3) is 7.12. The number of nitrogens with one attached hydrogen (secondary N) is 2. The van der Waals surface area contributed by atoms with Gasteiger partial charge in [0.2, 0.25) is 0 Å². The molecule has 0 aliphatic carbocycles. The van der Waals surface area contributed by atoms with Crippen molar-refractivity contribution in [3.8, 4) is 5.75 Å². The number of aryl methyl sites for hydroxylation is 1. The first-order valence-corrected chi connectivity index (χ1v) is 11.1. The number of nitrogens with zero attached hydrogens (tertiary/aromatic N) is 2. The molecule has 0 bridgehead atoms. The summed E-state index contributed by atoms with van der Waals surface area (Å²) >= 11 is 1.26. The molecule has 0 atom stereocenters. The molecular weight excluding hydrogens is 523 g/mol. The standard InChI is InChI=1S/C19H28N4O3S2.HI/c1-14-6-8-17(26-5)15(12-14)10-11-21-19(20-2)22-13-16-7-9-18(27-16)28(24,25)23(3)4;/h6-9,12H,10-11,13H2,1-5H3,(H2,20,21,22);1H. The number of hydrogen-bond donors (Lipinski definition) is 2. The van der Waals surface area contributed by atoms with Crippen LogP contribution in [0.1, 0.15) is 16.0 Å². The van der Waals surface area contributed by atoms with E-state index < -0.39 is 10.0 Å². The molecule has 0 spiro atoms. The Labute approximate surface area is 194 Å². The maximum absolute atomic E-state index is 12.2. The molecule has 2 N–H and O–H groups in total. The van der Waals surface area contributed by atoms with Gasteiger partial charge in [0.25, 0.3) is 10.0 Å². The summed E-state index contributed by atoms with van der Waals surface area (Å²) in [5, 5.41) is 6.49. The first kappa shape index (κ1) is 25.7. The van der Waals surface area contributed by atoms with Crippen molar-refractivity contribution in [1.29, 1.82) is 0 Å². The van der Waals surface area contributed by atoms with Crippen molar-refractivity contribution in [2.45, 2.75) is 24.1 Å². The Hall–Kier alpha value is -1.37. The molecule has 7 nitrogen and oxygen atoms in total. The van der Waals surface area contributed by atoms with Crippen LogP contribution in [0.2, 0.25) is 0 Å². The largest absolute Gasteiger partial charge is 0.496 e. The number of sulfonamides is 1. The van der Waals surface area contributed by atoms with Gasteiger partial charge in [0.15, 0.2) is 5.96 Å². The smallest absolute Gasteiger partial charge is 0.252 e. The van der Waals surface area contributed by atoms with Crippen LogP contribution in [0, 0.1) is 6.92 Å². The first-order valence-electron chi connectivity index (χ1n) is 8.87. The summed E-state index contributed by atoms with van der Waals surface area (Å²) in [6.07, 6.45) is 0.801. The molecule has 0 fully saturated rings. The molecule has 2 rings (SSSR count).